The van der Waals surface area contributed by atoms with Crippen molar-refractivity contribution >= 4 is 28.3 Å². The molecule has 0 saturated carbocycles. The second-order valence-corrected chi connectivity index (χ2v) is 4.62. The molecule has 0 atom stereocenters. The van der Waals surface area contributed by atoms with Gasteiger partial charge in [0.25, 0.3) is 5.91 Å². The first-order valence-electron chi connectivity index (χ1n) is 6.25. The van der Waals surface area contributed by atoms with Crippen LogP contribution in [-0.2, 0) is 0 Å². The Balaban J connectivity index is 2.20. The average molecular weight is 278 g/mol. The number of hydrogen-bond donors (Lipinski definition) is 2. The fourth-order valence-electron chi connectivity index (χ4n) is 1.91. The minimum atomic E-state index is -0.127. The van der Waals surface area contributed by atoms with E-state index in [1.165, 1.54) is 6.20 Å². The molecule has 5 heteroatoms. The zero-order valence-corrected chi connectivity index (χ0v) is 11.3. The quantitative estimate of drug-likeness (QED) is 0.651. The molecule has 0 fully saturated rings. The zero-order chi connectivity index (χ0) is 13.7. The van der Waals surface area contributed by atoms with Gasteiger partial charge in [0.15, 0.2) is 0 Å². The number of amides is 1. The minimum absolute atomic E-state index is 0.127. The van der Waals surface area contributed by atoms with E-state index in [-0.39, 0.29) is 5.91 Å². The number of carbonyl (C=O) groups excluding carboxylic acids is 1. The second kappa shape index (κ2) is 6.50. The number of aromatic nitrogens is 1. The summed E-state index contributed by atoms with van der Waals surface area (Å²) in [6.45, 7) is 1.26. The Morgan fingerprint density at radius 1 is 1.26 bits per heavy atom. The first-order valence-corrected chi connectivity index (χ1v) is 6.63. The summed E-state index contributed by atoms with van der Waals surface area (Å²) in [5, 5.41) is 4.89. The van der Waals surface area contributed by atoms with Gasteiger partial charge < -0.3 is 11.1 Å². The third-order valence-corrected chi connectivity index (χ3v) is 3.21. The smallest absolute Gasteiger partial charge is 0.253 e. The van der Waals surface area contributed by atoms with E-state index in [0.717, 1.165) is 23.6 Å². The minimum Gasteiger partial charge on any atom is -0.352 e. The SMILES string of the molecule is NCCCCNC(=O)c1cnc(Cl)c2ccccc12. The first kappa shape index (κ1) is 13.8. The number of nitrogens with one attached hydrogen (secondary N) is 1. The molecule has 3 N–H and O–H groups in total. The lowest BCUT2D eigenvalue weighted by molar-refractivity contribution is 0.0954. The van der Waals surface area contributed by atoms with Crippen LogP contribution >= 0.6 is 11.6 Å². The molecule has 1 aromatic heterocycles. The van der Waals surface area contributed by atoms with E-state index in [4.69, 9.17) is 17.3 Å². The number of fused-ring (bicyclic) bond motifs is 1. The summed E-state index contributed by atoms with van der Waals surface area (Å²) in [7, 11) is 0. The number of nitrogens with zero attached hydrogens (tertiary/aromatic N) is 1. The Hall–Kier alpha value is -1.65. The van der Waals surface area contributed by atoms with Crippen LogP contribution in [0.4, 0.5) is 0 Å². The first-order chi connectivity index (χ1) is 9.24. The van der Waals surface area contributed by atoms with Crippen molar-refractivity contribution in [2.45, 2.75) is 12.8 Å². The summed E-state index contributed by atoms with van der Waals surface area (Å²) in [5.74, 6) is -0.127. The van der Waals surface area contributed by atoms with Gasteiger partial charge in [0.2, 0.25) is 0 Å². The third kappa shape index (κ3) is 3.22. The Kier molecular flexibility index (Phi) is 4.71. The van der Waals surface area contributed by atoms with Gasteiger partial charge in [-0.3, -0.25) is 4.79 Å². The predicted molar refractivity (Wildman–Crippen MR) is 77.4 cm³/mol. The van der Waals surface area contributed by atoms with Crippen molar-refractivity contribution in [3.8, 4) is 0 Å². The highest BCUT2D eigenvalue weighted by molar-refractivity contribution is 6.34. The lowest BCUT2D eigenvalue weighted by atomic mass is 10.1. The molecule has 0 saturated heterocycles. The van der Waals surface area contributed by atoms with Gasteiger partial charge in [0, 0.05) is 18.1 Å². The summed E-state index contributed by atoms with van der Waals surface area (Å²) in [6, 6.07) is 7.48. The fraction of sp³-hybridized carbons (Fsp3) is 0.286. The third-order valence-electron chi connectivity index (χ3n) is 2.91. The predicted octanol–water partition coefficient (Wildman–Crippen LogP) is 2.36. The van der Waals surface area contributed by atoms with Crippen molar-refractivity contribution in [1.29, 1.82) is 0 Å². The van der Waals surface area contributed by atoms with E-state index in [9.17, 15) is 4.79 Å². The monoisotopic (exact) mass is 277 g/mol. The number of rotatable bonds is 5. The molecular formula is C14H16ClN3O. The molecule has 0 unspecified atom stereocenters. The topological polar surface area (TPSA) is 68.0 Å². The molecule has 0 aliphatic rings. The van der Waals surface area contributed by atoms with E-state index < -0.39 is 0 Å². The normalized spacial score (nSPS) is 10.6. The van der Waals surface area contributed by atoms with Crippen LogP contribution < -0.4 is 11.1 Å². The fourth-order valence-corrected chi connectivity index (χ4v) is 2.12. The zero-order valence-electron chi connectivity index (χ0n) is 10.5. The highest BCUT2D eigenvalue weighted by atomic mass is 35.5. The van der Waals surface area contributed by atoms with Crippen LogP contribution in [0, 0.1) is 0 Å². The number of halogens is 1. The van der Waals surface area contributed by atoms with Crippen molar-refractivity contribution in [3.63, 3.8) is 0 Å². The Labute approximate surface area is 117 Å². The molecule has 100 valence electrons. The number of unbranched alkanes of at least 4 members (excludes halogenated alkanes) is 1. The molecule has 0 bridgehead atoms. The van der Waals surface area contributed by atoms with Crippen LogP contribution in [0.2, 0.25) is 5.15 Å². The maximum absolute atomic E-state index is 12.1. The maximum Gasteiger partial charge on any atom is 0.253 e. The van der Waals surface area contributed by atoms with Crippen molar-refractivity contribution in [2.75, 3.05) is 13.1 Å². The molecule has 1 aromatic carbocycles. The van der Waals surface area contributed by atoms with Crippen molar-refractivity contribution in [2.24, 2.45) is 5.73 Å². The van der Waals surface area contributed by atoms with E-state index >= 15 is 0 Å². The van der Waals surface area contributed by atoms with E-state index in [1.807, 2.05) is 24.3 Å². The van der Waals surface area contributed by atoms with Crippen LogP contribution in [0.1, 0.15) is 23.2 Å². The molecule has 1 heterocycles. The molecule has 19 heavy (non-hydrogen) atoms. The molecule has 0 aliphatic heterocycles. The van der Waals surface area contributed by atoms with E-state index in [0.29, 0.717) is 23.8 Å². The standard InChI is InChI=1S/C14H16ClN3O/c15-13-11-6-2-1-5-10(11)12(9-18-13)14(19)17-8-4-3-7-16/h1-2,5-6,9H,3-4,7-8,16H2,(H,17,19). The number of hydrogen-bond acceptors (Lipinski definition) is 3. The average Bonchev–Trinajstić information content (AvgIpc) is 2.44. The second-order valence-electron chi connectivity index (χ2n) is 4.26. The van der Waals surface area contributed by atoms with Crippen molar-refractivity contribution in [3.05, 3.63) is 41.2 Å². The largest absolute Gasteiger partial charge is 0.352 e. The van der Waals surface area contributed by atoms with Crippen LogP contribution in [0.5, 0.6) is 0 Å². The molecule has 2 aromatic rings. The van der Waals surface area contributed by atoms with Gasteiger partial charge in [0.1, 0.15) is 5.15 Å². The van der Waals surface area contributed by atoms with Crippen molar-refractivity contribution in [1.82, 2.24) is 10.3 Å². The number of nitrogens with two attached hydrogens (primary N) is 1. The Morgan fingerprint density at radius 2 is 2.00 bits per heavy atom. The Morgan fingerprint density at radius 3 is 2.74 bits per heavy atom. The van der Waals surface area contributed by atoms with Crippen LogP contribution in [0.25, 0.3) is 10.8 Å². The van der Waals surface area contributed by atoms with Gasteiger partial charge in [-0.2, -0.15) is 0 Å². The molecule has 0 spiro atoms. The lowest BCUT2D eigenvalue weighted by Crippen LogP contribution is -2.25. The molecule has 0 radical (unpaired) electrons. The maximum atomic E-state index is 12.1. The Bertz CT molecular complexity index is 586. The van der Waals surface area contributed by atoms with Crippen LogP contribution in [0.15, 0.2) is 30.5 Å². The van der Waals surface area contributed by atoms with E-state index in [2.05, 4.69) is 10.3 Å². The molecule has 1 amide bonds. The van der Waals surface area contributed by atoms with Crippen LogP contribution in [-0.4, -0.2) is 24.0 Å². The number of carbonyl (C=O) groups is 1. The van der Waals surface area contributed by atoms with Gasteiger partial charge in [0.05, 0.1) is 5.56 Å². The van der Waals surface area contributed by atoms with Crippen molar-refractivity contribution < 1.29 is 4.79 Å². The molecule has 2 rings (SSSR count). The summed E-state index contributed by atoms with van der Waals surface area (Å²) >= 11 is 6.02. The lowest BCUT2D eigenvalue weighted by Gasteiger charge is -2.08. The van der Waals surface area contributed by atoms with Crippen LogP contribution in [0.3, 0.4) is 0 Å². The molecule has 0 aliphatic carbocycles. The highest BCUT2D eigenvalue weighted by Crippen LogP contribution is 2.23. The van der Waals surface area contributed by atoms with Gasteiger partial charge in [-0.05, 0) is 24.8 Å². The van der Waals surface area contributed by atoms with Gasteiger partial charge in [-0.15, -0.1) is 0 Å². The summed E-state index contributed by atoms with van der Waals surface area (Å²) in [5.41, 5.74) is 5.96. The highest BCUT2D eigenvalue weighted by Gasteiger charge is 2.11. The summed E-state index contributed by atoms with van der Waals surface area (Å²) < 4.78 is 0. The number of pyridine rings is 1. The van der Waals surface area contributed by atoms with Gasteiger partial charge >= 0.3 is 0 Å². The van der Waals surface area contributed by atoms with Gasteiger partial charge in [-0.25, -0.2) is 4.98 Å². The summed E-state index contributed by atoms with van der Waals surface area (Å²) in [6.07, 6.45) is 3.30. The molecular weight excluding hydrogens is 262 g/mol. The van der Waals surface area contributed by atoms with E-state index in [1.54, 1.807) is 0 Å². The molecule has 4 nitrogen and oxygen atoms in total. The summed E-state index contributed by atoms with van der Waals surface area (Å²) in [4.78, 5) is 16.2. The van der Waals surface area contributed by atoms with Gasteiger partial charge in [-0.1, -0.05) is 35.9 Å². The number of benzene rings is 1.